The Kier molecular flexibility index (Phi) is 5.44. The summed E-state index contributed by atoms with van der Waals surface area (Å²) in [5, 5.41) is 12.1. The predicted molar refractivity (Wildman–Crippen MR) is 133 cm³/mol. The van der Waals surface area contributed by atoms with E-state index in [0.717, 1.165) is 16.5 Å². The molecule has 0 bridgehead atoms. The van der Waals surface area contributed by atoms with Gasteiger partial charge in [0.1, 0.15) is 12.2 Å². The van der Waals surface area contributed by atoms with Crippen molar-refractivity contribution in [3.63, 3.8) is 0 Å². The van der Waals surface area contributed by atoms with E-state index >= 15 is 0 Å². The third kappa shape index (κ3) is 3.57. The zero-order valence-electron chi connectivity index (χ0n) is 20.8. The largest absolute Gasteiger partial charge is 0.460 e. The normalized spacial score (nSPS) is 18.4. The number of fused-ring (bicyclic) bond motifs is 5. The fourth-order valence-electron chi connectivity index (χ4n) is 5.24. The Hall–Kier alpha value is -3.72. The average molecular weight is 492 g/mol. The van der Waals surface area contributed by atoms with Crippen LogP contribution in [0.5, 0.6) is 0 Å². The van der Waals surface area contributed by atoms with Gasteiger partial charge < -0.3 is 24.9 Å². The highest BCUT2D eigenvalue weighted by atomic mass is 16.6. The number of carbonyl (C=O) groups excluding carboxylic acids is 2. The van der Waals surface area contributed by atoms with Crippen LogP contribution in [0.25, 0.3) is 22.3 Å². The number of hydrogen-bond acceptors (Lipinski definition) is 8. The fourth-order valence-corrected chi connectivity index (χ4v) is 5.24. The molecule has 1 aromatic carbocycles. The van der Waals surface area contributed by atoms with E-state index in [1.807, 2.05) is 45.0 Å². The first-order valence-electron chi connectivity index (χ1n) is 12.0. The van der Waals surface area contributed by atoms with Gasteiger partial charge in [-0.25, -0.2) is 9.78 Å². The fraction of sp³-hybridized carbons (Fsp3) is 0.407. The van der Waals surface area contributed by atoms with E-state index < -0.39 is 17.2 Å². The molecule has 3 aromatic rings. The second-order valence-corrected chi connectivity index (χ2v) is 10.3. The van der Waals surface area contributed by atoms with Crippen molar-refractivity contribution in [3.8, 4) is 11.4 Å². The van der Waals surface area contributed by atoms with E-state index in [2.05, 4.69) is 0 Å². The second-order valence-electron chi connectivity index (χ2n) is 10.3. The topological polar surface area (TPSA) is 134 Å². The van der Waals surface area contributed by atoms with Crippen molar-refractivity contribution < 1.29 is 24.2 Å². The smallest absolute Gasteiger partial charge is 0.343 e. The highest BCUT2D eigenvalue weighted by molar-refractivity contribution is 5.93. The molecule has 9 heteroatoms. The van der Waals surface area contributed by atoms with Gasteiger partial charge in [-0.05, 0) is 45.2 Å². The molecule has 3 N–H and O–H groups in total. The summed E-state index contributed by atoms with van der Waals surface area (Å²) in [4.78, 5) is 43.4. The minimum atomic E-state index is -2.01. The van der Waals surface area contributed by atoms with Gasteiger partial charge >= 0.3 is 11.9 Å². The molecular formula is C27H29N3O6. The molecule has 0 amide bonds. The SMILES string of the molecule is CC[C@@]1(O)C(=O)OCc2c1c(N)c1n(c2=O)Cc2c-1nc1ccccc1c2CCC(=O)OC(C)(C)C. The monoisotopic (exact) mass is 491 g/mol. The highest BCUT2D eigenvalue weighted by Crippen LogP contribution is 2.45. The molecule has 0 unspecified atom stereocenters. The van der Waals surface area contributed by atoms with Crippen molar-refractivity contribution in [2.24, 2.45) is 0 Å². The number of pyridine rings is 2. The van der Waals surface area contributed by atoms with Gasteiger partial charge in [-0.15, -0.1) is 0 Å². The molecule has 0 saturated heterocycles. The Labute approximate surface area is 207 Å². The Morgan fingerprint density at radius 2 is 1.97 bits per heavy atom. The number of ether oxygens (including phenoxy) is 2. The lowest BCUT2D eigenvalue weighted by atomic mass is 9.84. The van der Waals surface area contributed by atoms with Gasteiger partial charge in [0.2, 0.25) is 0 Å². The maximum absolute atomic E-state index is 13.6. The summed E-state index contributed by atoms with van der Waals surface area (Å²) in [6.45, 7) is 7.06. The quantitative estimate of drug-likeness (QED) is 0.416. The summed E-state index contributed by atoms with van der Waals surface area (Å²) in [6, 6.07) is 7.57. The molecule has 5 rings (SSSR count). The number of esters is 2. The van der Waals surface area contributed by atoms with Crippen LogP contribution in [-0.4, -0.2) is 32.2 Å². The second kappa shape index (κ2) is 8.16. The molecule has 1 atom stereocenters. The van der Waals surface area contributed by atoms with E-state index in [1.54, 1.807) is 6.92 Å². The van der Waals surface area contributed by atoms with Gasteiger partial charge in [0.25, 0.3) is 5.56 Å². The number of nitrogens with two attached hydrogens (primary N) is 1. The maximum Gasteiger partial charge on any atom is 0.343 e. The van der Waals surface area contributed by atoms with E-state index in [0.29, 0.717) is 23.3 Å². The number of aromatic nitrogens is 2. The lowest BCUT2D eigenvalue weighted by Gasteiger charge is -2.33. The molecule has 0 spiro atoms. The third-order valence-corrected chi connectivity index (χ3v) is 6.86. The molecule has 2 aromatic heterocycles. The number of benzene rings is 1. The van der Waals surface area contributed by atoms with Crippen molar-refractivity contribution in [1.82, 2.24) is 9.55 Å². The van der Waals surface area contributed by atoms with Crippen LogP contribution in [0.2, 0.25) is 0 Å². The maximum atomic E-state index is 13.6. The number of anilines is 1. The van der Waals surface area contributed by atoms with Crippen LogP contribution < -0.4 is 11.3 Å². The first-order chi connectivity index (χ1) is 17.0. The molecule has 4 heterocycles. The van der Waals surface area contributed by atoms with Crippen LogP contribution in [0.3, 0.4) is 0 Å². The molecule has 9 nitrogen and oxygen atoms in total. The van der Waals surface area contributed by atoms with E-state index in [-0.39, 0.29) is 54.3 Å². The summed E-state index contributed by atoms with van der Waals surface area (Å²) < 4.78 is 12.2. The Morgan fingerprint density at radius 3 is 2.67 bits per heavy atom. The number of nitrogens with zero attached hydrogens (tertiary/aromatic N) is 2. The van der Waals surface area contributed by atoms with Crippen LogP contribution in [0.4, 0.5) is 5.69 Å². The molecule has 36 heavy (non-hydrogen) atoms. The molecule has 2 aliphatic heterocycles. The van der Waals surface area contributed by atoms with Crippen molar-refractivity contribution in [3.05, 3.63) is 56.9 Å². The summed E-state index contributed by atoms with van der Waals surface area (Å²) >= 11 is 0. The highest BCUT2D eigenvalue weighted by Gasteiger charge is 2.47. The molecule has 0 saturated carbocycles. The van der Waals surface area contributed by atoms with E-state index in [9.17, 15) is 19.5 Å². The summed E-state index contributed by atoms with van der Waals surface area (Å²) in [5.74, 6) is -1.14. The lowest BCUT2D eigenvalue weighted by molar-refractivity contribution is -0.172. The van der Waals surface area contributed by atoms with Crippen molar-refractivity contribution >= 4 is 28.5 Å². The summed E-state index contributed by atoms with van der Waals surface area (Å²) in [5.41, 5.74) is 7.30. The number of aliphatic hydroxyl groups is 1. The third-order valence-electron chi connectivity index (χ3n) is 6.86. The van der Waals surface area contributed by atoms with Crippen LogP contribution in [-0.2, 0) is 44.2 Å². The Balaban J connectivity index is 1.70. The minimum absolute atomic E-state index is 0.00503. The number of para-hydroxylation sites is 1. The van der Waals surface area contributed by atoms with Crippen molar-refractivity contribution in [2.75, 3.05) is 5.73 Å². The van der Waals surface area contributed by atoms with Gasteiger partial charge in [-0.2, -0.15) is 0 Å². The Morgan fingerprint density at radius 1 is 1.25 bits per heavy atom. The van der Waals surface area contributed by atoms with Gasteiger partial charge in [0.15, 0.2) is 5.60 Å². The van der Waals surface area contributed by atoms with Crippen LogP contribution in [0, 0.1) is 0 Å². The molecule has 0 fully saturated rings. The zero-order valence-corrected chi connectivity index (χ0v) is 20.8. The van der Waals surface area contributed by atoms with E-state index in [4.69, 9.17) is 20.2 Å². The van der Waals surface area contributed by atoms with Gasteiger partial charge in [0.05, 0.1) is 34.7 Å². The van der Waals surface area contributed by atoms with Crippen LogP contribution in [0.15, 0.2) is 29.1 Å². The molecule has 0 aliphatic carbocycles. The first kappa shape index (κ1) is 24.0. The minimum Gasteiger partial charge on any atom is -0.460 e. The number of aryl methyl sites for hydroxylation is 1. The number of carbonyl (C=O) groups is 2. The van der Waals surface area contributed by atoms with Gasteiger partial charge in [-0.3, -0.25) is 9.59 Å². The van der Waals surface area contributed by atoms with Gasteiger partial charge in [-0.1, -0.05) is 25.1 Å². The van der Waals surface area contributed by atoms with E-state index in [1.165, 1.54) is 4.57 Å². The zero-order chi connectivity index (χ0) is 26.0. The number of rotatable bonds is 4. The van der Waals surface area contributed by atoms with Crippen molar-refractivity contribution in [2.45, 2.75) is 71.3 Å². The molecule has 188 valence electrons. The average Bonchev–Trinajstić information content (AvgIpc) is 3.20. The first-order valence-corrected chi connectivity index (χ1v) is 12.0. The van der Waals surface area contributed by atoms with Gasteiger partial charge in [0, 0.05) is 22.9 Å². The molecule has 0 radical (unpaired) electrons. The predicted octanol–water partition coefficient (Wildman–Crippen LogP) is 2.94. The number of hydrogen-bond donors (Lipinski definition) is 2. The standard InChI is InChI=1S/C27H29N3O6/c1-5-27(34)20-17(13-35-25(27)33)24(32)30-12-16-14(10-11-19(31)36-26(2,3)4)15-8-6-7-9-18(15)29-22(16)23(30)21(20)28/h6-9,34H,5,10-13,28H2,1-4H3/t27-/m0/s1. The number of nitrogen functional groups attached to an aromatic ring is 1. The van der Waals surface area contributed by atoms with Crippen molar-refractivity contribution in [1.29, 1.82) is 0 Å². The van der Waals surface area contributed by atoms with Crippen LogP contribution >= 0.6 is 0 Å². The summed E-state index contributed by atoms with van der Waals surface area (Å²) in [7, 11) is 0. The molecule has 2 aliphatic rings. The number of cyclic esters (lactones) is 1. The molecular weight excluding hydrogens is 462 g/mol. The summed E-state index contributed by atoms with van der Waals surface area (Å²) in [6.07, 6.45) is 0.557. The lowest BCUT2D eigenvalue weighted by Crippen LogP contribution is -2.45. The Bertz CT molecular complexity index is 1500. The van der Waals surface area contributed by atoms with Crippen LogP contribution in [0.1, 0.15) is 62.8 Å².